The number of halogens is 3. The Morgan fingerprint density at radius 2 is 2.00 bits per heavy atom. The largest absolute Gasteiger partial charge is 0.573 e. The molecule has 3 aromatic rings. The number of carboxylic acids is 1. The van der Waals surface area contributed by atoms with E-state index in [1.54, 1.807) is 37.0 Å². The normalized spacial score (nSPS) is 18.3. The third kappa shape index (κ3) is 4.49. The van der Waals surface area contributed by atoms with Crippen molar-refractivity contribution in [3.63, 3.8) is 0 Å². The molecule has 0 fully saturated rings. The van der Waals surface area contributed by atoms with E-state index < -0.39 is 30.1 Å². The first-order chi connectivity index (χ1) is 16.3. The van der Waals surface area contributed by atoms with Crippen molar-refractivity contribution in [3.05, 3.63) is 42.0 Å². The molecule has 0 aliphatic carbocycles. The second kappa shape index (κ2) is 8.46. The molecule has 0 bridgehead atoms. The van der Waals surface area contributed by atoms with Crippen LogP contribution in [-0.4, -0.2) is 66.2 Å². The number of carboxylic acid groups (broad SMARTS) is 1. The number of hydrogen-bond acceptors (Lipinski definition) is 9. The molecular weight excluding hydrogens is 489 g/mol. The molecule has 1 aliphatic heterocycles. The second-order valence-electron chi connectivity index (χ2n) is 8.08. The Kier molecular flexibility index (Phi) is 5.89. The lowest BCUT2D eigenvalue weighted by Crippen LogP contribution is -2.70. The first kappa shape index (κ1) is 24.3. The van der Waals surface area contributed by atoms with Crippen LogP contribution in [0.5, 0.6) is 5.75 Å². The van der Waals surface area contributed by atoms with E-state index in [1.807, 2.05) is 0 Å². The molecule has 1 amide bonds. The van der Waals surface area contributed by atoms with Crippen molar-refractivity contribution >= 4 is 49.9 Å². The lowest BCUT2D eigenvalue weighted by molar-refractivity contribution is -0.274. The summed E-state index contributed by atoms with van der Waals surface area (Å²) in [6, 6.07) is 7.24. The van der Waals surface area contributed by atoms with Crippen LogP contribution < -0.4 is 26.0 Å². The minimum atomic E-state index is -4.83. The highest BCUT2D eigenvalue weighted by Crippen LogP contribution is 2.43. The molecule has 1 aromatic heterocycles. The van der Waals surface area contributed by atoms with Gasteiger partial charge >= 0.3 is 12.3 Å². The number of hydrogen-bond donors (Lipinski definition) is 4. The molecule has 2 atom stereocenters. The van der Waals surface area contributed by atoms with Crippen LogP contribution in [-0.2, 0) is 4.79 Å². The van der Waals surface area contributed by atoms with E-state index in [0.717, 1.165) is 17.4 Å². The lowest BCUT2D eigenvalue weighted by Gasteiger charge is -2.44. The number of rotatable bonds is 7. The van der Waals surface area contributed by atoms with E-state index >= 15 is 0 Å². The van der Waals surface area contributed by atoms with E-state index in [9.17, 15) is 27.9 Å². The molecule has 10 nitrogen and oxygen atoms in total. The fourth-order valence-corrected chi connectivity index (χ4v) is 5.08. The van der Waals surface area contributed by atoms with Crippen LogP contribution >= 0.6 is 11.3 Å². The Hall–Kier alpha value is -3.78. The van der Waals surface area contributed by atoms with Gasteiger partial charge in [0.25, 0.3) is 0 Å². The Bertz CT molecular complexity index is 1310. The van der Waals surface area contributed by atoms with Gasteiger partial charge in [-0.05, 0) is 44.4 Å². The number of ether oxygens (including phenoxy) is 1. The average molecular weight is 510 g/mol. The standard InChI is InChI=1S/C21H21F3N6O4S/c1-29(2)16(17(25)31)20(27-13-8-10(18(32)33)4-7-14(13)30(20)3)28-19-26-12-6-5-11(9-15(12)35-19)34-21(22,23)24/h4-9,16,27H,1-3H3,(H2,25,31)(H,26,28)(H,32,33). The quantitative estimate of drug-likeness (QED) is 0.379. The van der Waals surface area contributed by atoms with Crippen molar-refractivity contribution < 1.29 is 32.6 Å². The summed E-state index contributed by atoms with van der Waals surface area (Å²) in [4.78, 5) is 31.8. The van der Waals surface area contributed by atoms with Crippen LogP contribution in [0.2, 0.25) is 0 Å². The average Bonchev–Trinajstić information content (AvgIpc) is 3.24. The topological polar surface area (TPSA) is 133 Å². The van der Waals surface area contributed by atoms with Crippen LogP contribution in [0.25, 0.3) is 10.2 Å². The molecule has 186 valence electrons. The third-order valence-corrected chi connectivity index (χ3v) is 6.47. The number of fused-ring (bicyclic) bond motifs is 2. The van der Waals surface area contributed by atoms with Gasteiger partial charge in [0.1, 0.15) is 5.75 Å². The number of carbonyl (C=O) groups excluding carboxylic acids is 1. The van der Waals surface area contributed by atoms with Gasteiger partial charge in [-0.3, -0.25) is 9.69 Å². The van der Waals surface area contributed by atoms with Crippen LogP contribution in [0.4, 0.5) is 29.7 Å². The molecule has 0 saturated carbocycles. The number of nitrogens with zero attached hydrogens (tertiary/aromatic N) is 3. The van der Waals surface area contributed by atoms with Gasteiger partial charge in [-0.15, -0.1) is 13.2 Å². The summed E-state index contributed by atoms with van der Waals surface area (Å²) in [5.41, 5.74) is 7.25. The first-order valence-corrected chi connectivity index (χ1v) is 10.9. The Morgan fingerprint density at radius 1 is 1.29 bits per heavy atom. The summed E-state index contributed by atoms with van der Waals surface area (Å²) in [6.45, 7) is 0. The Balaban J connectivity index is 1.78. The molecule has 0 saturated heterocycles. The third-order valence-electron chi connectivity index (χ3n) is 5.53. The van der Waals surface area contributed by atoms with Crippen LogP contribution in [0.15, 0.2) is 36.4 Å². The molecule has 1 aliphatic rings. The zero-order chi connectivity index (χ0) is 25.7. The summed E-state index contributed by atoms with van der Waals surface area (Å²) in [5, 5.41) is 16.0. The van der Waals surface area contributed by atoms with Gasteiger partial charge in [0.2, 0.25) is 11.7 Å². The van der Waals surface area contributed by atoms with Gasteiger partial charge in [0, 0.05) is 13.1 Å². The lowest BCUT2D eigenvalue weighted by atomic mass is 10.1. The molecule has 4 rings (SSSR count). The number of thiazole rings is 1. The number of aromatic carboxylic acids is 1. The fraction of sp³-hybridized carbons (Fsp3) is 0.286. The summed E-state index contributed by atoms with van der Waals surface area (Å²) in [5.74, 6) is -3.60. The van der Waals surface area contributed by atoms with E-state index in [0.29, 0.717) is 21.6 Å². The minimum absolute atomic E-state index is 0.0399. The van der Waals surface area contributed by atoms with E-state index in [1.165, 1.54) is 24.3 Å². The molecule has 14 heteroatoms. The van der Waals surface area contributed by atoms with Gasteiger partial charge in [-0.1, -0.05) is 11.3 Å². The van der Waals surface area contributed by atoms with E-state index in [-0.39, 0.29) is 16.4 Å². The maximum absolute atomic E-state index is 12.6. The molecular formula is C21H21F3N6O4S. The zero-order valence-electron chi connectivity index (χ0n) is 18.7. The number of likely N-dealkylation sites (N-methyl/N-ethyl adjacent to an activating group) is 2. The highest BCUT2D eigenvalue weighted by molar-refractivity contribution is 7.22. The maximum Gasteiger partial charge on any atom is 0.573 e. The highest BCUT2D eigenvalue weighted by atomic mass is 32.1. The summed E-state index contributed by atoms with van der Waals surface area (Å²) in [7, 11) is 4.99. The van der Waals surface area contributed by atoms with Crippen LogP contribution in [0.1, 0.15) is 10.4 Å². The van der Waals surface area contributed by atoms with Crippen molar-refractivity contribution in [2.45, 2.75) is 18.2 Å². The highest BCUT2D eigenvalue weighted by Gasteiger charge is 2.52. The van der Waals surface area contributed by atoms with Gasteiger partial charge in [-0.2, -0.15) is 0 Å². The fourth-order valence-electron chi connectivity index (χ4n) is 4.13. The molecule has 2 aromatic carbocycles. The number of anilines is 3. The number of amides is 1. The zero-order valence-corrected chi connectivity index (χ0v) is 19.5. The monoisotopic (exact) mass is 510 g/mol. The number of aromatic nitrogens is 1. The molecule has 2 heterocycles. The number of nitrogens with two attached hydrogens (primary N) is 1. The van der Waals surface area contributed by atoms with Crippen molar-refractivity contribution in [2.75, 3.05) is 36.7 Å². The number of alkyl halides is 3. The molecule has 0 radical (unpaired) electrons. The van der Waals surface area contributed by atoms with Gasteiger partial charge in [0.05, 0.1) is 27.2 Å². The molecule has 2 unspecified atom stereocenters. The van der Waals surface area contributed by atoms with Gasteiger partial charge in [-0.25, -0.2) is 9.78 Å². The predicted molar refractivity (Wildman–Crippen MR) is 125 cm³/mol. The number of carbonyl (C=O) groups is 2. The number of nitrogens with one attached hydrogen (secondary N) is 2. The Labute approximate surface area is 201 Å². The molecule has 5 N–H and O–H groups in total. The molecule has 0 spiro atoms. The van der Waals surface area contributed by atoms with E-state index in [4.69, 9.17) is 5.73 Å². The van der Waals surface area contributed by atoms with Crippen LogP contribution in [0.3, 0.4) is 0 Å². The summed E-state index contributed by atoms with van der Waals surface area (Å²) < 4.78 is 42.2. The van der Waals surface area contributed by atoms with Crippen molar-refractivity contribution in [3.8, 4) is 5.75 Å². The van der Waals surface area contributed by atoms with Crippen molar-refractivity contribution in [2.24, 2.45) is 5.73 Å². The second-order valence-corrected chi connectivity index (χ2v) is 9.11. The molecule has 35 heavy (non-hydrogen) atoms. The Morgan fingerprint density at radius 3 is 2.60 bits per heavy atom. The van der Waals surface area contributed by atoms with Crippen molar-refractivity contribution in [1.82, 2.24) is 9.88 Å². The smallest absolute Gasteiger partial charge is 0.478 e. The van der Waals surface area contributed by atoms with Gasteiger partial charge in [0.15, 0.2) is 11.2 Å². The van der Waals surface area contributed by atoms with Gasteiger partial charge < -0.3 is 31.1 Å². The SMILES string of the molecule is CN(C)C(C(N)=O)C1(Nc2nc3ccc(OC(F)(F)F)cc3s2)Nc2cc(C(=O)O)ccc2N1C. The summed E-state index contributed by atoms with van der Waals surface area (Å²) >= 11 is 1.05. The van der Waals surface area contributed by atoms with Crippen LogP contribution in [0, 0.1) is 0 Å². The minimum Gasteiger partial charge on any atom is -0.478 e. The van der Waals surface area contributed by atoms with Crippen molar-refractivity contribution in [1.29, 1.82) is 0 Å². The maximum atomic E-state index is 12.6. The van der Waals surface area contributed by atoms with E-state index in [2.05, 4.69) is 20.4 Å². The summed E-state index contributed by atoms with van der Waals surface area (Å²) in [6.07, 6.45) is -4.83. The first-order valence-electron chi connectivity index (χ1n) is 10.1. The predicted octanol–water partition coefficient (Wildman–Crippen LogP) is 2.94. The number of benzene rings is 2. The number of primary amides is 1.